The zero-order valence-corrected chi connectivity index (χ0v) is 15.9. The first-order chi connectivity index (χ1) is 14.1. The molecule has 2 aromatic heterocycles. The van der Waals surface area contributed by atoms with Crippen LogP contribution in [0.1, 0.15) is 23.2 Å². The number of carbonyl (C=O) groups excluding carboxylic acids is 2. The van der Waals surface area contributed by atoms with Crippen LogP contribution >= 0.6 is 0 Å². The van der Waals surface area contributed by atoms with Gasteiger partial charge in [0.2, 0.25) is 5.91 Å². The van der Waals surface area contributed by atoms with E-state index in [-0.39, 0.29) is 17.6 Å². The molecule has 7 heteroatoms. The van der Waals surface area contributed by atoms with Crippen molar-refractivity contribution in [2.24, 2.45) is 5.92 Å². The number of carbonyl (C=O) groups is 2. The number of nitrogens with zero attached hydrogens (tertiary/aromatic N) is 2. The van der Waals surface area contributed by atoms with Crippen molar-refractivity contribution in [2.75, 3.05) is 25.0 Å². The summed E-state index contributed by atoms with van der Waals surface area (Å²) in [6.45, 7) is 1.17. The number of nitrogens with one attached hydrogen (secondary N) is 2. The number of aliphatic hydroxyl groups excluding tert-OH is 1. The maximum absolute atomic E-state index is 12.5. The summed E-state index contributed by atoms with van der Waals surface area (Å²) in [7, 11) is 0. The molecule has 0 saturated carbocycles. The zero-order chi connectivity index (χ0) is 20.2. The van der Waals surface area contributed by atoms with E-state index in [4.69, 9.17) is 5.11 Å². The fraction of sp³-hybridized carbons (Fsp3) is 0.273. The lowest BCUT2D eigenvalue weighted by Crippen LogP contribution is -2.34. The number of hydrogen-bond donors (Lipinski definition) is 3. The normalized spacial score (nSPS) is 14.7. The van der Waals surface area contributed by atoms with E-state index < -0.39 is 6.61 Å². The van der Waals surface area contributed by atoms with Crippen LogP contribution in [0, 0.1) is 5.92 Å². The lowest BCUT2D eigenvalue weighted by molar-refractivity contribution is -0.120. The van der Waals surface area contributed by atoms with Crippen molar-refractivity contribution in [1.29, 1.82) is 0 Å². The fourth-order valence-corrected chi connectivity index (χ4v) is 3.55. The molecule has 3 N–H and O–H groups in total. The Hall–Kier alpha value is -3.16. The van der Waals surface area contributed by atoms with Gasteiger partial charge in [0, 0.05) is 29.3 Å². The Labute approximate surface area is 168 Å². The molecule has 7 nitrogen and oxygen atoms in total. The van der Waals surface area contributed by atoms with Crippen LogP contribution in [0.25, 0.3) is 22.0 Å². The Morgan fingerprint density at radius 2 is 1.86 bits per heavy atom. The minimum Gasteiger partial charge on any atom is -0.388 e. The minimum absolute atomic E-state index is 0.00557. The smallest absolute Gasteiger partial charge is 0.228 e. The van der Waals surface area contributed by atoms with Gasteiger partial charge in [0.1, 0.15) is 12.4 Å². The van der Waals surface area contributed by atoms with Crippen LogP contribution in [0.15, 0.2) is 48.8 Å². The summed E-state index contributed by atoms with van der Waals surface area (Å²) in [6.07, 6.45) is 4.80. The van der Waals surface area contributed by atoms with Crippen molar-refractivity contribution >= 4 is 28.4 Å². The lowest BCUT2D eigenvalue weighted by Gasteiger charge is -2.21. The predicted octanol–water partition coefficient (Wildman–Crippen LogP) is 2.41. The van der Waals surface area contributed by atoms with Gasteiger partial charge in [-0.2, -0.15) is 0 Å². The molecule has 3 heterocycles. The average Bonchev–Trinajstić information content (AvgIpc) is 2.78. The van der Waals surface area contributed by atoms with Crippen LogP contribution in [-0.2, 0) is 4.79 Å². The van der Waals surface area contributed by atoms with Gasteiger partial charge < -0.3 is 15.7 Å². The first-order valence-electron chi connectivity index (χ1n) is 9.66. The maximum Gasteiger partial charge on any atom is 0.228 e. The minimum atomic E-state index is -0.544. The summed E-state index contributed by atoms with van der Waals surface area (Å²) < 4.78 is 0. The van der Waals surface area contributed by atoms with E-state index in [0.29, 0.717) is 11.4 Å². The molecular formula is C22H22N4O3. The number of benzene rings is 1. The number of amides is 1. The quantitative estimate of drug-likeness (QED) is 0.578. The second-order valence-corrected chi connectivity index (χ2v) is 7.16. The van der Waals surface area contributed by atoms with Crippen LogP contribution in [-0.4, -0.2) is 46.5 Å². The summed E-state index contributed by atoms with van der Waals surface area (Å²) in [5, 5.41) is 16.1. The second kappa shape index (κ2) is 8.46. The van der Waals surface area contributed by atoms with E-state index in [0.717, 1.165) is 48.0 Å². The summed E-state index contributed by atoms with van der Waals surface area (Å²) in [5.41, 5.74) is 2.97. The van der Waals surface area contributed by atoms with Gasteiger partial charge in [0.15, 0.2) is 5.78 Å². The third-order valence-corrected chi connectivity index (χ3v) is 5.20. The number of ketones is 1. The van der Waals surface area contributed by atoms with Gasteiger partial charge in [0.25, 0.3) is 0 Å². The van der Waals surface area contributed by atoms with Gasteiger partial charge in [0.05, 0.1) is 5.52 Å². The van der Waals surface area contributed by atoms with Crippen molar-refractivity contribution in [3.8, 4) is 11.1 Å². The van der Waals surface area contributed by atoms with Gasteiger partial charge in [-0.05, 0) is 67.4 Å². The molecule has 1 aromatic carbocycles. The average molecular weight is 390 g/mol. The SMILES string of the molecule is O=C(CO)c1cnc2ccc(-c3ccnc(NC(=O)C4CCNCC4)c3)cc2c1. The molecule has 29 heavy (non-hydrogen) atoms. The summed E-state index contributed by atoms with van der Waals surface area (Å²) in [5.74, 6) is 0.173. The van der Waals surface area contributed by atoms with Gasteiger partial charge >= 0.3 is 0 Å². The highest BCUT2D eigenvalue weighted by Crippen LogP contribution is 2.26. The Morgan fingerprint density at radius 3 is 2.66 bits per heavy atom. The molecule has 1 aliphatic heterocycles. The first-order valence-corrected chi connectivity index (χ1v) is 9.66. The van der Waals surface area contributed by atoms with Gasteiger partial charge in [-0.25, -0.2) is 4.98 Å². The van der Waals surface area contributed by atoms with Gasteiger partial charge in [-0.3, -0.25) is 14.6 Å². The van der Waals surface area contributed by atoms with Crippen molar-refractivity contribution in [2.45, 2.75) is 12.8 Å². The Morgan fingerprint density at radius 1 is 1.07 bits per heavy atom. The molecule has 1 aliphatic rings. The Kier molecular flexibility index (Phi) is 5.59. The molecule has 4 rings (SSSR count). The third-order valence-electron chi connectivity index (χ3n) is 5.20. The number of aromatic nitrogens is 2. The molecule has 0 unspecified atom stereocenters. The summed E-state index contributed by atoms with van der Waals surface area (Å²) >= 11 is 0. The molecule has 1 saturated heterocycles. The molecule has 148 valence electrons. The van der Waals surface area contributed by atoms with Crippen molar-refractivity contribution < 1.29 is 14.7 Å². The van der Waals surface area contributed by atoms with E-state index in [2.05, 4.69) is 20.6 Å². The monoisotopic (exact) mass is 390 g/mol. The molecule has 0 atom stereocenters. The molecule has 1 fully saturated rings. The number of rotatable bonds is 5. The highest BCUT2D eigenvalue weighted by molar-refractivity contribution is 6.00. The number of hydrogen-bond acceptors (Lipinski definition) is 6. The van der Waals surface area contributed by atoms with Crippen molar-refractivity contribution in [1.82, 2.24) is 15.3 Å². The molecule has 0 spiro atoms. The molecule has 0 radical (unpaired) electrons. The van der Waals surface area contributed by atoms with Crippen LogP contribution < -0.4 is 10.6 Å². The highest BCUT2D eigenvalue weighted by atomic mass is 16.3. The second-order valence-electron chi connectivity index (χ2n) is 7.16. The Balaban J connectivity index is 1.59. The summed E-state index contributed by atoms with van der Waals surface area (Å²) in [6, 6.07) is 11.2. The zero-order valence-electron chi connectivity index (χ0n) is 15.9. The fourth-order valence-electron chi connectivity index (χ4n) is 3.55. The number of piperidine rings is 1. The molecule has 0 bridgehead atoms. The summed E-state index contributed by atoms with van der Waals surface area (Å²) in [4.78, 5) is 32.8. The van der Waals surface area contributed by atoms with Crippen molar-refractivity contribution in [3.05, 3.63) is 54.4 Å². The van der Waals surface area contributed by atoms with Gasteiger partial charge in [-0.1, -0.05) is 6.07 Å². The number of fused-ring (bicyclic) bond motifs is 1. The van der Waals surface area contributed by atoms with Crippen LogP contribution in [0.5, 0.6) is 0 Å². The number of anilines is 1. The van der Waals surface area contributed by atoms with Crippen molar-refractivity contribution in [3.63, 3.8) is 0 Å². The van der Waals surface area contributed by atoms with Crippen LogP contribution in [0.2, 0.25) is 0 Å². The van der Waals surface area contributed by atoms with Crippen LogP contribution in [0.4, 0.5) is 5.82 Å². The van der Waals surface area contributed by atoms with Gasteiger partial charge in [-0.15, -0.1) is 0 Å². The lowest BCUT2D eigenvalue weighted by atomic mass is 9.97. The standard InChI is InChI=1S/C22H22N4O3/c27-13-20(28)18-10-17-9-15(1-2-19(17)25-12-18)16-5-8-24-21(11-16)26-22(29)14-3-6-23-7-4-14/h1-2,5,8-12,14,23,27H,3-4,6-7,13H2,(H,24,26,29). The predicted molar refractivity (Wildman–Crippen MR) is 111 cm³/mol. The topological polar surface area (TPSA) is 104 Å². The van der Waals surface area contributed by atoms with E-state index in [1.165, 1.54) is 6.20 Å². The van der Waals surface area contributed by atoms with E-state index in [1.54, 1.807) is 12.3 Å². The van der Waals surface area contributed by atoms with E-state index in [1.807, 2.05) is 30.3 Å². The molecule has 3 aromatic rings. The largest absolute Gasteiger partial charge is 0.388 e. The van der Waals surface area contributed by atoms with E-state index >= 15 is 0 Å². The third kappa shape index (κ3) is 4.31. The number of aliphatic hydroxyl groups is 1. The first kappa shape index (κ1) is 19.2. The molecular weight excluding hydrogens is 368 g/mol. The van der Waals surface area contributed by atoms with E-state index in [9.17, 15) is 9.59 Å². The molecule has 0 aliphatic carbocycles. The number of pyridine rings is 2. The molecule has 1 amide bonds. The number of Topliss-reactive ketones (excluding diaryl/α,β-unsaturated/α-hetero) is 1. The Bertz CT molecular complexity index is 1060. The van der Waals surface area contributed by atoms with Crippen LogP contribution in [0.3, 0.4) is 0 Å². The maximum atomic E-state index is 12.5. The highest BCUT2D eigenvalue weighted by Gasteiger charge is 2.21.